The van der Waals surface area contributed by atoms with Crippen molar-refractivity contribution in [2.75, 3.05) is 0 Å². The van der Waals surface area contributed by atoms with E-state index in [0.29, 0.717) is 5.46 Å². The van der Waals surface area contributed by atoms with Crippen molar-refractivity contribution >= 4 is 25.2 Å². The number of benzene rings is 1. The summed E-state index contributed by atoms with van der Waals surface area (Å²) in [5.74, 6) is -1.48. The molecule has 2 aliphatic rings. The zero-order chi connectivity index (χ0) is 19.7. The van der Waals surface area contributed by atoms with Crippen LogP contribution in [0.5, 0.6) is 0 Å². The van der Waals surface area contributed by atoms with Gasteiger partial charge in [-0.1, -0.05) is 0 Å². The molecule has 2 saturated heterocycles. The second-order valence-electron chi connectivity index (χ2n) is 9.07. The van der Waals surface area contributed by atoms with Crippen LogP contribution in [0.1, 0.15) is 55.4 Å². The molecule has 0 amide bonds. The smallest absolute Gasteiger partial charge is 0.399 e. The molecule has 0 bridgehead atoms. The Morgan fingerprint density at radius 2 is 0.923 bits per heavy atom. The highest BCUT2D eigenvalue weighted by molar-refractivity contribution is 6.64. The summed E-state index contributed by atoms with van der Waals surface area (Å²) >= 11 is 0. The Labute approximate surface area is 154 Å². The summed E-state index contributed by atoms with van der Waals surface area (Å²) in [5.41, 5.74) is -2.48. The standard InChI is InChI=1S/C18H26B2F2O4/c1-15(2)16(3,4)24-19(23-15)11-9-12(21)14(13(22)10-11)20-25-17(5,6)18(7,8)26-20/h9-10H,1-8H3. The maximum Gasteiger partial charge on any atom is 0.500 e. The van der Waals surface area contributed by atoms with Crippen molar-refractivity contribution in [1.29, 1.82) is 0 Å². The van der Waals surface area contributed by atoms with Crippen LogP contribution < -0.4 is 10.9 Å². The molecule has 0 saturated carbocycles. The predicted octanol–water partition coefficient (Wildman–Crippen LogP) is 2.56. The van der Waals surface area contributed by atoms with E-state index in [1.165, 1.54) is 12.1 Å². The van der Waals surface area contributed by atoms with Gasteiger partial charge >= 0.3 is 14.2 Å². The summed E-state index contributed by atoms with van der Waals surface area (Å²) in [4.78, 5) is 0. The summed E-state index contributed by atoms with van der Waals surface area (Å²) in [5, 5.41) is 0. The SMILES string of the molecule is CC1(C)OB(c2cc(F)c(B3OC(C)(C)C(C)(C)O3)c(F)c2)OC1(C)C. The molecule has 0 radical (unpaired) electrons. The molecule has 0 unspecified atom stereocenters. The molecule has 2 fully saturated rings. The summed E-state index contributed by atoms with van der Waals surface area (Å²) < 4.78 is 52.9. The Morgan fingerprint density at radius 3 is 1.27 bits per heavy atom. The lowest BCUT2D eigenvalue weighted by Crippen LogP contribution is -2.43. The Kier molecular flexibility index (Phi) is 4.40. The predicted molar refractivity (Wildman–Crippen MR) is 97.8 cm³/mol. The molecule has 8 heteroatoms. The van der Waals surface area contributed by atoms with Crippen molar-refractivity contribution in [3.05, 3.63) is 23.8 Å². The first-order valence-corrected chi connectivity index (χ1v) is 8.87. The summed E-state index contributed by atoms with van der Waals surface area (Å²) in [6, 6.07) is 2.46. The van der Waals surface area contributed by atoms with E-state index in [4.69, 9.17) is 18.6 Å². The van der Waals surface area contributed by atoms with Crippen LogP contribution >= 0.6 is 0 Å². The largest absolute Gasteiger partial charge is 0.500 e. The van der Waals surface area contributed by atoms with Gasteiger partial charge in [-0.25, -0.2) is 8.78 Å². The second-order valence-corrected chi connectivity index (χ2v) is 9.07. The van der Waals surface area contributed by atoms with Crippen molar-refractivity contribution in [1.82, 2.24) is 0 Å². The molecule has 0 spiro atoms. The van der Waals surface area contributed by atoms with E-state index in [2.05, 4.69) is 0 Å². The van der Waals surface area contributed by atoms with Gasteiger partial charge in [-0.2, -0.15) is 0 Å². The van der Waals surface area contributed by atoms with Crippen molar-refractivity contribution in [3.63, 3.8) is 0 Å². The van der Waals surface area contributed by atoms with E-state index in [-0.39, 0.29) is 5.46 Å². The molecule has 0 N–H and O–H groups in total. The Hall–Kier alpha value is -0.950. The molecule has 4 nitrogen and oxygen atoms in total. The molecular weight excluding hydrogens is 340 g/mol. The fraction of sp³-hybridized carbons (Fsp3) is 0.667. The average Bonchev–Trinajstić information content (AvgIpc) is 2.77. The van der Waals surface area contributed by atoms with Gasteiger partial charge in [0.05, 0.1) is 27.9 Å². The minimum absolute atomic E-state index is 0.232. The average molecular weight is 366 g/mol. The van der Waals surface area contributed by atoms with E-state index in [1.807, 2.05) is 55.4 Å². The molecule has 3 rings (SSSR count). The van der Waals surface area contributed by atoms with Gasteiger partial charge in [0.1, 0.15) is 11.6 Å². The van der Waals surface area contributed by atoms with Gasteiger partial charge in [0.25, 0.3) is 0 Å². The van der Waals surface area contributed by atoms with Crippen LogP contribution in [0.25, 0.3) is 0 Å². The molecule has 26 heavy (non-hydrogen) atoms. The van der Waals surface area contributed by atoms with Gasteiger partial charge in [0, 0.05) is 0 Å². The van der Waals surface area contributed by atoms with Crippen molar-refractivity contribution in [3.8, 4) is 0 Å². The molecule has 1 aromatic carbocycles. The lowest BCUT2D eigenvalue weighted by Gasteiger charge is -2.32. The van der Waals surface area contributed by atoms with Crippen LogP contribution in [0.15, 0.2) is 12.1 Å². The van der Waals surface area contributed by atoms with Crippen molar-refractivity contribution in [2.45, 2.75) is 77.8 Å². The van der Waals surface area contributed by atoms with Gasteiger partial charge in [-0.3, -0.25) is 0 Å². The lowest BCUT2D eigenvalue weighted by atomic mass is 9.73. The van der Waals surface area contributed by atoms with E-state index in [0.717, 1.165) is 0 Å². The maximum absolute atomic E-state index is 14.8. The number of hydrogen-bond donors (Lipinski definition) is 0. The number of hydrogen-bond acceptors (Lipinski definition) is 4. The van der Waals surface area contributed by atoms with E-state index in [9.17, 15) is 8.78 Å². The Morgan fingerprint density at radius 1 is 0.615 bits per heavy atom. The van der Waals surface area contributed by atoms with E-state index >= 15 is 0 Å². The van der Waals surface area contributed by atoms with Gasteiger partial charge in [-0.05, 0) is 73.0 Å². The van der Waals surface area contributed by atoms with Crippen LogP contribution in [0.2, 0.25) is 0 Å². The van der Waals surface area contributed by atoms with Gasteiger partial charge in [0.2, 0.25) is 0 Å². The lowest BCUT2D eigenvalue weighted by molar-refractivity contribution is 0.00578. The molecule has 0 aliphatic carbocycles. The number of halogens is 2. The Balaban J connectivity index is 1.92. The molecule has 0 aromatic heterocycles. The summed E-state index contributed by atoms with van der Waals surface area (Å²) in [6.07, 6.45) is 0. The third-order valence-electron chi connectivity index (χ3n) is 6.12. The quantitative estimate of drug-likeness (QED) is 0.755. The molecule has 142 valence electrons. The molecular formula is C18H26B2F2O4. The maximum atomic E-state index is 14.8. The van der Waals surface area contributed by atoms with Gasteiger partial charge < -0.3 is 18.6 Å². The molecule has 2 aliphatic heterocycles. The fourth-order valence-electron chi connectivity index (χ4n) is 2.91. The van der Waals surface area contributed by atoms with Gasteiger partial charge in [0.15, 0.2) is 0 Å². The monoisotopic (exact) mass is 366 g/mol. The summed E-state index contributed by atoms with van der Waals surface area (Å²) in [7, 11) is -1.94. The highest BCUT2D eigenvalue weighted by Crippen LogP contribution is 2.38. The minimum atomic E-state index is -1.10. The Bertz CT molecular complexity index is 679. The zero-order valence-corrected chi connectivity index (χ0v) is 16.7. The fourth-order valence-corrected chi connectivity index (χ4v) is 2.91. The highest BCUT2D eigenvalue weighted by atomic mass is 19.1. The van der Waals surface area contributed by atoms with Gasteiger partial charge in [-0.15, -0.1) is 0 Å². The van der Waals surface area contributed by atoms with E-state index in [1.54, 1.807) is 0 Å². The normalized spacial score (nSPS) is 25.8. The molecule has 1 aromatic rings. The first kappa shape index (κ1) is 19.8. The highest BCUT2D eigenvalue weighted by Gasteiger charge is 2.54. The molecule has 0 atom stereocenters. The van der Waals surface area contributed by atoms with Crippen molar-refractivity contribution in [2.24, 2.45) is 0 Å². The topological polar surface area (TPSA) is 36.9 Å². The van der Waals surface area contributed by atoms with E-state index < -0.39 is 48.3 Å². The van der Waals surface area contributed by atoms with Crippen molar-refractivity contribution < 1.29 is 27.4 Å². The first-order chi connectivity index (χ1) is 11.7. The minimum Gasteiger partial charge on any atom is -0.399 e. The third kappa shape index (κ3) is 3.01. The summed E-state index contributed by atoms with van der Waals surface area (Å²) in [6.45, 7) is 14.9. The third-order valence-corrected chi connectivity index (χ3v) is 6.12. The van der Waals surface area contributed by atoms with Crippen LogP contribution in [-0.4, -0.2) is 36.6 Å². The van der Waals surface area contributed by atoms with Crippen LogP contribution in [0, 0.1) is 11.6 Å². The van der Waals surface area contributed by atoms with Crippen LogP contribution in [0.3, 0.4) is 0 Å². The zero-order valence-electron chi connectivity index (χ0n) is 16.7. The molecule has 2 heterocycles. The van der Waals surface area contributed by atoms with Crippen LogP contribution in [0.4, 0.5) is 8.78 Å². The van der Waals surface area contributed by atoms with Crippen LogP contribution in [-0.2, 0) is 18.6 Å². The first-order valence-electron chi connectivity index (χ1n) is 8.87. The number of rotatable bonds is 2. The second kappa shape index (κ2) is 5.77.